The second kappa shape index (κ2) is 6.77. The van der Waals surface area contributed by atoms with Crippen molar-refractivity contribution in [1.82, 2.24) is 0 Å². The minimum absolute atomic E-state index is 0.338. The fourth-order valence-electron chi connectivity index (χ4n) is 4.11. The van der Waals surface area contributed by atoms with Crippen LogP contribution in [0.2, 0.25) is 0 Å². The van der Waals surface area contributed by atoms with E-state index in [9.17, 15) is 4.79 Å². The molecule has 0 aliphatic heterocycles. The van der Waals surface area contributed by atoms with Crippen LogP contribution in [0, 0.1) is 17.8 Å². The summed E-state index contributed by atoms with van der Waals surface area (Å²) in [6.45, 7) is 2.27. The molecule has 0 heterocycles. The van der Waals surface area contributed by atoms with Gasteiger partial charge in [-0.25, -0.2) is 0 Å². The molecule has 2 atom stereocenters. The molecule has 1 nitrogen and oxygen atoms in total. The summed E-state index contributed by atoms with van der Waals surface area (Å²) in [6, 6.07) is 10.6. The first-order valence-corrected chi connectivity index (χ1v) is 8.88. The van der Waals surface area contributed by atoms with Crippen molar-refractivity contribution < 1.29 is 4.79 Å². The van der Waals surface area contributed by atoms with Gasteiger partial charge < -0.3 is 0 Å². The molecule has 1 aromatic rings. The molecule has 0 saturated heterocycles. The van der Waals surface area contributed by atoms with Crippen LogP contribution in [0.5, 0.6) is 0 Å². The number of unbranched alkanes of at least 4 members (excludes halogenated alkanes) is 1. The number of hydrogen-bond acceptors (Lipinski definition) is 1. The quantitative estimate of drug-likeness (QED) is 0.687. The molecule has 114 valence electrons. The second-order valence-electron chi connectivity index (χ2n) is 7.12. The summed E-state index contributed by atoms with van der Waals surface area (Å²) in [7, 11) is 0. The summed E-state index contributed by atoms with van der Waals surface area (Å²) >= 11 is 0. The third kappa shape index (κ3) is 3.56. The Hall–Kier alpha value is -1.11. The topological polar surface area (TPSA) is 17.1 Å². The molecule has 21 heavy (non-hydrogen) atoms. The van der Waals surface area contributed by atoms with E-state index < -0.39 is 0 Å². The minimum Gasteiger partial charge on any atom is -0.299 e. The maximum atomic E-state index is 12.7. The van der Waals surface area contributed by atoms with Crippen LogP contribution in [0.15, 0.2) is 30.3 Å². The molecule has 0 bridgehead atoms. The number of carbonyl (C=O) groups is 1. The van der Waals surface area contributed by atoms with Crippen LogP contribution in [0.3, 0.4) is 0 Å². The molecule has 2 saturated carbocycles. The average Bonchev–Trinajstić information content (AvgIpc) is 3.34. The standard InChI is InChI=1S/C20H28O/c1-2-3-7-15-10-12-17(13-11-15)20(21)19-14-18(19)16-8-5-4-6-9-16/h4-6,8-9,15,17-19H,2-3,7,10-14H2,1H3. The van der Waals surface area contributed by atoms with Gasteiger partial charge in [-0.1, -0.05) is 56.5 Å². The molecule has 0 radical (unpaired) electrons. The number of rotatable bonds is 6. The van der Waals surface area contributed by atoms with Crippen molar-refractivity contribution in [2.45, 2.75) is 64.2 Å². The van der Waals surface area contributed by atoms with E-state index >= 15 is 0 Å². The highest BCUT2D eigenvalue weighted by Gasteiger charge is 2.46. The molecule has 0 aromatic heterocycles. The molecule has 1 heteroatoms. The summed E-state index contributed by atoms with van der Waals surface area (Å²) in [6.07, 6.45) is 10.0. The second-order valence-corrected chi connectivity index (χ2v) is 7.12. The maximum Gasteiger partial charge on any atom is 0.139 e. The molecular weight excluding hydrogens is 256 g/mol. The molecule has 0 spiro atoms. The SMILES string of the molecule is CCCCC1CCC(C(=O)C2CC2c2ccccc2)CC1. The van der Waals surface area contributed by atoms with Crippen LogP contribution in [0.4, 0.5) is 0 Å². The van der Waals surface area contributed by atoms with Crippen molar-refractivity contribution >= 4 is 5.78 Å². The molecule has 2 fully saturated rings. The molecule has 2 aliphatic rings. The van der Waals surface area contributed by atoms with Gasteiger partial charge in [0.25, 0.3) is 0 Å². The number of hydrogen-bond donors (Lipinski definition) is 0. The van der Waals surface area contributed by atoms with Crippen LogP contribution < -0.4 is 0 Å². The van der Waals surface area contributed by atoms with Crippen molar-refractivity contribution in [2.24, 2.45) is 17.8 Å². The summed E-state index contributed by atoms with van der Waals surface area (Å²) in [5.41, 5.74) is 1.37. The number of benzene rings is 1. The zero-order valence-corrected chi connectivity index (χ0v) is 13.3. The lowest BCUT2D eigenvalue weighted by Gasteiger charge is -2.27. The monoisotopic (exact) mass is 284 g/mol. The predicted molar refractivity (Wildman–Crippen MR) is 87.3 cm³/mol. The van der Waals surface area contributed by atoms with E-state index in [1.54, 1.807) is 0 Å². The van der Waals surface area contributed by atoms with Gasteiger partial charge in [-0.3, -0.25) is 4.79 Å². The van der Waals surface area contributed by atoms with Gasteiger partial charge in [-0.05, 0) is 49.5 Å². The number of ketones is 1. The van der Waals surface area contributed by atoms with Crippen molar-refractivity contribution in [3.05, 3.63) is 35.9 Å². The van der Waals surface area contributed by atoms with Gasteiger partial charge in [0.1, 0.15) is 5.78 Å². The Labute approximate surface area is 129 Å². The molecule has 2 unspecified atom stereocenters. The molecule has 2 aliphatic carbocycles. The first kappa shape index (κ1) is 14.8. The third-order valence-electron chi connectivity index (χ3n) is 5.60. The van der Waals surface area contributed by atoms with Gasteiger partial charge in [0, 0.05) is 11.8 Å². The van der Waals surface area contributed by atoms with Crippen molar-refractivity contribution in [3.8, 4) is 0 Å². The van der Waals surface area contributed by atoms with E-state index in [-0.39, 0.29) is 0 Å². The Balaban J connectivity index is 1.48. The van der Waals surface area contributed by atoms with Crippen LogP contribution in [-0.2, 0) is 4.79 Å². The van der Waals surface area contributed by atoms with Gasteiger partial charge in [0.2, 0.25) is 0 Å². The van der Waals surface area contributed by atoms with E-state index in [2.05, 4.69) is 37.3 Å². The van der Waals surface area contributed by atoms with Crippen molar-refractivity contribution in [3.63, 3.8) is 0 Å². The molecule has 0 N–H and O–H groups in total. The zero-order chi connectivity index (χ0) is 14.7. The average molecular weight is 284 g/mol. The van der Waals surface area contributed by atoms with E-state index in [0.29, 0.717) is 23.5 Å². The predicted octanol–water partition coefficient (Wildman–Crippen LogP) is 5.36. The number of carbonyl (C=O) groups excluding carboxylic acids is 1. The highest BCUT2D eigenvalue weighted by molar-refractivity contribution is 5.87. The zero-order valence-electron chi connectivity index (χ0n) is 13.3. The normalized spacial score (nSPS) is 31.9. The fourth-order valence-corrected chi connectivity index (χ4v) is 4.11. The van der Waals surface area contributed by atoms with Crippen LogP contribution in [-0.4, -0.2) is 5.78 Å². The first-order chi connectivity index (χ1) is 10.3. The summed E-state index contributed by atoms with van der Waals surface area (Å²) in [5, 5.41) is 0. The van der Waals surface area contributed by atoms with E-state index in [1.807, 2.05) is 0 Å². The van der Waals surface area contributed by atoms with Gasteiger partial charge in [0.05, 0.1) is 0 Å². The summed E-state index contributed by atoms with van der Waals surface area (Å²) in [5.74, 6) is 2.72. The largest absolute Gasteiger partial charge is 0.299 e. The van der Waals surface area contributed by atoms with E-state index in [1.165, 1.54) is 37.7 Å². The van der Waals surface area contributed by atoms with E-state index in [0.717, 1.165) is 25.2 Å². The minimum atomic E-state index is 0.338. The van der Waals surface area contributed by atoms with Crippen LogP contribution in [0.25, 0.3) is 0 Å². The number of Topliss-reactive ketones (excluding diaryl/α,β-unsaturated/α-hetero) is 1. The fraction of sp³-hybridized carbons (Fsp3) is 0.650. The maximum absolute atomic E-state index is 12.7. The van der Waals surface area contributed by atoms with E-state index in [4.69, 9.17) is 0 Å². The Morgan fingerprint density at radius 3 is 2.48 bits per heavy atom. The third-order valence-corrected chi connectivity index (χ3v) is 5.60. The molecular formula is C20H28O. The lowest BCUT2D eigenvalue weighted by Crippen LogP contribution is -2.23. The Morgan fingerprint density at radius 2 is 1.81 bits per heavy atom. The molecule has 1 aromatic carbocycles. The van der Waals surface area contributed by atoms with Gasteiger partial charge >= 0.3 is 0 Å². The summed E-state index contributed by atoms with van der Waals surface area (Å²) in [4.78, 5) is 12.7. The first-order valence-electron chi connectivity index (χ1n) is 8.88. The van der Waals surface area contributed by atoms with Gasteiger partial charge in [-0.15, -0.1) is 0 Å². The highest BCUT2D eigenvalue weighted by Crippen LogP contribution is 2.50. The van der Waals surface area contributed by atoms with Gasteiger partial charge in [-0.2, -0.15) is 0 Å². The highest BCUT2D eigenvalue weighted by atomic mass is 16.1. The van der Waals surface area contributed by atoms with Gasteiger partial charge in [0.15, 0.2) is 0 Å². The summed E-state index contributed by atoms with van der Waals surface area (Å²) < 4.78 is 0. The molecule has 0 amide bonds. The van der Waals surface area contributed by atoms with Crippen LogP contribution >= 0.6 is 0 Å². The lowest BCUT2D eigenvalue weighted by atomic mass is 9.77. The molecule has 3 rings (SSSR count). The Kier molecular flexibility index (Phi) is 4.77. The van der Waals surface area contributed by atoms with Crippen LogP contribution in [0.1, 0.15) is 69.8 Å². The Morgan fingerprint density at radius 1 is 1.10 bits per heavy atom. The van der Waals surface area contributed by atoms with Crippen molar-refractivity contribution in [1.29, 1.82) is 0 Å². The van der Waals surface area contributed by atoms with Crippen molar-refractivity contribution in [2.75, 3.05) is 0 Å². The Bertz CT molecular complexity index is 456. The smallest absolute Gasteiger partial charge is 0.139 e. The lowest BCUT2D eigenvalue weighted by molar-refractivity contribution is -0.125.